The summed E-state index contributed by atoms with van der Waals surface area (Å²) in [4.78, 5) is 29.7. The number of anilines is 3. The van der Waals surface area contributed by atoms with Crippen LogP contribution in [0.25, 0.3) is 22.0 Å². The second-order valence-corrected chi connectivity index (χ2v) is 7.24. The standard InChI is InChI=1S/C24H21F2N5O2/c1-3-31-21-12-22(27-2)28-13-14(21)9-17(23(31)32)16-10-20(19(26)11-18(16)25)30-24(33)29-15-7-5-4-6-8-15/h4-13H,3H2,1-2H3,(H,27,28)(H2,29,30,33). The minimum Gasteiger partial charge on any atom is -0.373 e. The van der Waals surface area contributed by atoms with Crippen LogP contribution >= 0.6 is 0 Å². The Morgan fingerprint density at radius 3 is 2.45 bits per heavy atom. The highest BCUT2D eigenvalue weighted by Crippen LogP contribution is 2.29. The molecule has 0 radical (unpaired) electrons. The van der Waals surface area contributed by atoms with Crippen molar-refractivity contribution < 1.29 is 13.6 Å². The third-order valence-corrected chi connectivity index (χ3v) is 5.18. The van der Waals surface area contributed by atoms with Gasteiger partial charge in [-0.05, 0) is 31.2 Å². The second kappa shape index (κ2) is 9.07. The molecule has 0 saturated heterocycles. The van der Waals surface area contributed by atoms with E-state index in [1.807, 2.05) is 0 Å². The van der Waals surface area contributed by atoms with Crippen molar-refractivity contribution in [1.82, 2.24) is 9.55 Å². The van der Waals surface area contributed by atoms with E-state index in [4.69, 9.17) is 0 Å². The van der Waals surface area contributed by atoms with E-state index in [9.17, 15) is 18.4 Å². The second-order valence-electron chi connectivity index (χ2n) is 7.24. The number of urea groups is 1. The molecule has 2 aromatic heterocycles. The number of carbonyl (C=O) groups excluding carboxylic acids is 1. The van der Waals surface area contributed by atoms with E-state index in [-0.39, 0.29) is 16.8 Å². The number of benzene rings is 2. The summed E-state index contributed by atoms with van der Waals surface area (Å²) in [6.45, 7) is 2.13. The van der Waals surface area contributed by atoms with Gasteiger partial charge in [-0.2, -0.15) is 0 Å². The van der Waals surface area contributed by atoms with Crippen LogP contribution in [0.3, 0.4) is 0 Å². The Bertz CT molecular complexity index is 1400. The summed E-state index contributed by atoms with van der Waals surface area (Å²) in [6.07, 6.45) is 1.57. The normalized spacial score (nSPS) is 10.8. The molecule has 9 heteroatoms. The highest BCUT2D eigenvalue weighted by Gasteiger charge is 2.18. The predicted octanol–water partition coefficient (Wildman–Crippen LogP) is 5.05. The van der Waals surface area contributed by atoms with Crippen LogP contribution < -0.4 is 21.5 Å². The van der Waals surface area contributed by atoms with Gasteiger partial charge in [0, 0.05) is 48.6 Å². The maximum absolute atomic E-state index is 14.8. The van der Waals surface area contributed by atoms with Crippen molar-refractivity contribution in [1.29, 1.82) is 0 Å². The number of aryl methyl sites for hydroxylation is 1. The maximum Gasteiger partial charge on any atom is 0.323 e. The molecule has 0 atom stereocenters. The molecular formula is C24H21F2N5O2. The largest absolute Gasteiger partial charge is 0.373 e. The van der Waals surface area contributed by atoms with Gasteiger partial charge in [0.15, 0.2) is 0 Å². The van der Waals surface area contributed by atoms with E-state index in [2.05, 4.69) is 20.9 Å². The van der Waals surface area contributed by atoms with E-state index in [1.54, 1.807) is 56.6 Å². The molecule has 3 N–H and O–H groups in total. The average molecular weight is 449 g/mol. The van der Waals surface area contributed by atoms with Gasteiger partial charge in [0.2, 0.25) is 0 Å². The summed E-state index contributed by atoms with van der Waals surface area (Å²) in [5.74, 6) is -1.29. The van der Waals surface area contributed by atoms with Crippen molar-refractivity contribution in [2.24, 2.45) is 0 Å². The molecule has 2 heterocycles. The number of rotatable bonds is 5. The molecule has 0 bridgehead atoms. The number of hydrogen-bond donors (Lipinski definition) is 3. The SMILES string of the molecule is CCn1c(=O)c(-c2cc(NC(=O)Nc3ccccc3)c(F)cc2F)cc2cnc(NC)cc21. The Kier molecular flexibility index (Phi) is 6.03. The number of amides is 2. The molecular weight excluding hydrogens is 428 g/mol. The Morgan fingerprint density at radius 1 is 1.00 bits per heavy atom. The Balaban J connectivity index is 1.77. The number of pyridine rings is 2. The lowest BCUT2D eigenvalue weighted by Crippen LogP contribution is -2.22. The molecule has 7 nitrogen and oxygen atoms in total. The monoisotopic (exact) mass is 449 g/mol. The Morgan fingerprint density at radius 2 is 1.76 bits per heavy atom. The summed E-state index contributed by atoms with van der Waals surface area (Å²) in [6, 6.07) is 12.9. The number of fused-ring (bicyclic) bond motifs is 1. The first kappa shape index (κ1) is 21.9. The van der Waals surface area contributed by atoms with E-state index in [1.165, 1.54) is 10.6 Å². The molecule has 0 aliphatic rings. The summed E-state index contributed by atoms with van der Waals surface area (Å²) in [5, 5.41) is 8.48. The predicted molar refractivity (Wildman–Crippen MR) is 126 cm³/mol. The Hall–Kier alpha value is -4.27. The van der Waals surface area contributed by atoms with Gasteiger partial charge in [0.25, 0.3) is 5.56 Å². The minimum atomic E-state index is -0.962. The van der Waals surface area contributed by atoms with E-state index in [0.717, 1.165) is 6.07 Å². The fourth-order valence-corrected chi connectivity index (χ4v) is 3.57. The van der Waals surface area contributed by atoms with Gasteiger partial charge >= 0.3 is 6.03 Å². The molecule has 0 aliphatic heterocycles. The first-order valence-electron chi connectivity index (χ1n) is 10.2. The average Bonchev–Trinajstić information content (AvgIpc) is 2.81. The topological polar surface area (TPSA) is 88.1 Å². The van der Waals surface area contributed by atoms with Crippen LogP contribution in [-0.2, 0) is 6.54 Å². The highest BCUT2D eigenvalue weighted by molar-refractivity contribution is 6.00. The zero-order chi connectivity index (χ0) is 23.5. The van der Waals surface area contributed by atoms with E-state index >= 15 is 0 Å². The number of hydrogen-bond acceptors (Lipinski definition) is 4. The molecule has 2 aromatic carbocycles. The fraction of sp³-hybridized carbons (Fsp3) is 0.125. The molecule has 0 spiro atoms. The van der Waals surface area contributed by atoms with Gasteiger partial charge < -0.3 is 20.5 Å². The lowest BCUT2D eigenvalue weighted by molar-refractivity contribution is 0.262. The number of halogens is 2. The Labute approximate surface area is 188 Å². The summed E-state index contributed by atoms with van der Waals surface area (Å²) in [7, 11) is 1.72. The number of aromatic nitrogens is 2. The summed E-state index contributed by atoms with van der Waals surface area (Å²) < 4.78 is 30.7. The van der Waals surface area contributed by atoms with E-state index < -0.39 is 23.2 Å². The molecule has 2 amide bonds. The summed E-state index contributed by atoms with van der Waals surface area (Å²) in [5.41, 5.74) is 0.348. The number of para-hydroxylation sites is 1. The van der Waals surface area contributed by atoms with Crippen LogP contribution in [0.5, 0.6) is 0 Å². The van der Waals surface area contributed by atoms with Gasteiger partial charge in [0.05, 0.1) is 16.8 Å². The van der Waals surface area contributed by atoms with Crippen molar-refractivity contribution >= 4 is 34.1 Å². The third-order valence-electron chi connectivity index (χ3n) is 5.18. The first-order valence-corrected chi connectivity index (χ1v) is 10.2. The molecule has 0 aliphatic carbocycles. The fourth-order valence-electron chi connectivity index (χ4n) is 3.57. The van der Waals surface area contributed by atoms with Crippen molar-refractivity contribution in [2.45, 2.75) is 13.5 Å². The molecule has 0 fully saturated rings. The maximum atomic E-state index is 14.8. The van der Waals surface area contributed by atoms with Crippen LogP contribution in [-0.4, -0.2) is 22.6 Å². The van der Waals surface area contributed by atoms with Crippen molar-refractivity contribution in [3.05, 3.63) is 82.8 Å². The zero-order valence-electron chi connectivity index (χ0n) is 17.9. The molecule has 168 valence electrons. The van der Waals surface area contributed by atoms with E-state index in [0.29, 0.717) is 35.0 Å². The third kappa shape index (κ3) is 4.38. The summed E-state index contributed by atoms with van der Waals surface area (Å²) >= 11 is 0. The molecule has 0 saturated carbocycles. The van der Waals surface area contributed by atoms with Gasteiger partial charge in [-0.3, -0.25) is 4.79 Å². The lowest BCUT2D eigenvalue weighted by Gasteiger charge is -2.14. The highest BCUT2D eigenvalue weighted by atomic mass is 19.1. The quantitative estimate of drug-likeness (QED) is 0.398. The molecule has 0 unspecified atom stereocenters. The smallest absolute Gasteiger partial charge is 0.323 e. The van der Waals surface area contributed by atoms with Crippen LogP contribution in [0.2, 0.25) is 0 Å². The van der Waals surface area contributed by atoms with Crippen molar-refractivity contribution in [2.75, 3.05) is 23.0 Å². The van der Waals surface area contributed by atoms with Crippen molar-refractivity contribution in [3.8, 4) is 11.1 Å². The van der Waals surface area contributed by atoms with Gasteiger partial charge in [0.1, 0.15) is 17.5 Å². The number of nitrogens with one attached hydrogen (secondary N) is 3. The van der Waals surface area contributed by atoms with Crippen LogP contribution in [0.15, 0.2) is 65.6 Å². The number of carbonyl (C=O) groups is 1. The van der Waals surface area contributed by atoms with Crippen LogP contribution in [0.4, 0.5) is 30.8 Å². The van der Waals surface area contributed by atoms with Crippen molar-refractivity contribution in [3.63, 3.8) is 0 Å². The molecule has 4 rings (SSSR count). The zero-order valence-corrected chi connectivity index (χ0v) is 17.9. The van der Waals surface area contributed by atoms with Gasteiger partial charge in [-0.15, -0.1) is 0 Å². The first-order chi connectivity index (χ1) is 15.9. The molecule has 33 heavy (non-hydrogen) atoms. The van der Waals surface area contributed by atoms with Crippen LogP contribution in [0, 0.1) is 11.6 Å². The lowest BCUT2D eigenvalue weighted by atomic mass is 10.0. The van der Waals surface area contributed by atoms with Crippen LogP contribution in [0.1, 0.15) is 6.92 Å². The minimum absolute atomic E-state index is 0.0346. The number of nitrogens with zero attached hydrogens (tertiary/aromatic N) is 2. The van der Waals surface area contributed by atoms with Gasteiger partial charge in [-0.25, -0.2) is 18.6 Å². The molecule has 4 aromatic rings. The van der Waals surface area contributed by atoms with Gasteiger partial charge in [-0.1, -0.05) is 18.2 Å².